The third kappa shape index (κ3) is 5.64. The van der Waals surface area contributed by atoms with Crippen molar-refractivity contribution in [3.05, 3.63) is 41.9 Å². The summed E-state index contributed by atoms with van der Waals surface area (Å²) in [6.45, 7) is 2.87. The zero-order chi connectivity index (χ0) is 17.2. The second-order valence-electron chi connectivity index (χ2n) is 4.60. The Hall–Kier alpha value is -2.52. The number of carboxylic acid groups (broad SMARTS) is 1. The van der Waals surface area contributed by atoms with Crippen molar-refractivity contribution in [2.75, 3.05) is 13.2 Å². The molecule has 0 spiro atoms. The molecule has 0 aliphatic rings. The summed E-state index contributed by atoms with van der Waals surface area (Å²) in [6.07, 6.45) is 2.04. The second kappa shape index (κ2) is 9.49. The molecule has 23 heavy (non-hydrogen) atoms. The van der Waals surface area contributed by atoms with E-state index in [9.17, 15) is 14.7 Å². The first kappa shape index (κ1) is 18.5. The molecule has 0 aliphatic heterocycles. The lowest BCUT2D eigenvalue weighted by Crippen LogP contribution is -2.48. The number of amides is 1. The minimum absolute atomic E-state index is 0.0844. The number of halogens is 1. The molecule has 0 saturated carbocycles. The molecule has 1 N–H and O–H groups in total. The van der Waals surface area contributed by atoms with Crippen LogP contribution in [0.3, 0.4) is 0 Å². The van der Waals surface area contributed by atoms with Crippen LogP contribution in [0.25, 0.3) is 0 Å². The van der Waals surface area contributed by atoms with Crippen molar-refractivity contribution in [2.45, 2.75) is 18.9 Å². The van der Waals surface area contributed by atoms with Crippen LogP contribution in [-0.4, -0.2) is 41.1 Å². The Morgan fingerprint density at radius 1 is 1.48 bits per heavy atom. The van der Waals surface area contributed by atoms with Crippen LogP contribution >= 0.6 is 11.6 Å². The van der Waals surface area contributed by atoms with Gasteiger partial charge in [0.15, 0.2) is 6.04 Å². The van der Waals surface area contributed by atoms with E-state index in [4.69, 9.17) is 21.6 Å². The second-order valence-corrected chi connectivity index (χ2v) is 5.01. The average Bonchev–Trinajstić information content (AvgIpc) is 2.53. The Morgan fingerprint density at radius 2 is 2.17 bits per heavy atom. The zero-order valence-electron chi connectivity index (χ0n) is 12.4. The van der Waals surface area contributed by atoms with Gasteiger partial charge in [-0.3, -0.25) is 4.79 Å². The van der Waals surface area contributed by atoms with E-state index in [1.54, 1.807) is 36.4 Å². The molecule has 0 fully saturated rings. The van der Waals surface area contributed by atoms with E-state index >= 15 is 0 Å². The molecule has 122 valence electrons. The first-order valence-electron chi connectivity index (χ1n) is 6.88. The number of nitriles is 1. The van der Waals surface area contributed by atoms with Crippen LogP contribution in [0.2, 0.25) is 5.02 Å². The number of para-hydroxylation sites is 1. The molecule has 1 amide bonds. The zero-order valence-corrected chi connectivity index (χ0v) is 13.2. The van der Waals surface area contributed by atoms with Crippen molar-refractivity contribution in [3.63, 3.8) is 0 Å². The van der Waals surface area contributed by atoms with E-state index in [0.717, 1.165) is 4.90 Å². The van der Waals surface area contributed by atoms with Gasteiger partial charge in [0, 0.05) is 6.42 Å². The van der Waals surface area contributed by atoms with Gasteiger partial charge in [0.25, 0.3) is 0 Å². The molecule has 6 nitrogen and oxygen atoms in total. The highest BCUT2D eigenvalue weighted by molar-refractivity contribution is 6.32. The summed E-state index contributed by atoms with van der Waals surface area (Å²) >= 11 is 5.94. The minimum Gasteiger partial charge on any atom is -0.489 e. The highest BCUT2D eigenvalue weighted by Gasteiger charge is 2.30. The van der Waals surface area contributed by atoms with Crippen LogP contribution in [0.4, 0.5) is 0 Å². The molecular weight excluding hydrogens is 320 g/mol. The molecule has 0 aliphatic carbocycles. The first-order chi connectivity index (χ1) is 11.0. The number of carbonyl (C=O) groups is 2. The molecule has 0 saturated heterocycles. The number of benzene rings is 1. The van der Waals surface area contributed by atoms with Crippen LogP contribution in [0.5, 0.6) is 5.75 Å². The Balaban J connectivity index is 2.86. The van der Waals surface area contributed by atoms with Gasteiger partial charge in [0.2, 0.25) is 5.91 Å². The number of hydrogen-bond donors (Lipinski definition) is 1. The fourth-order valence-corrected chi connectivity index (χ4v) is 2.03. The molecule has 0 aromatic heterocycles. The number of rotatable bonds is 9. The summed E-state index contributed by atoms with van der Waals surface area (Å²) in [6, 6.07) is 7.14. The Labute approximate surface area is 139 Å². The lowest BCUT2D eigenvalue weighted by Gasteiger charge is -2.26. The summed E-state index contributed by atoms with van der Waals surface area (Å²) in [5.74, 6) is -1.38. The average molecular weight is 337 g/mol. The van der Waals surface area contributed by atoms with E-state index < -0.39 is 17.9 Å². The predicted octanol–water partition coefficient (Wildman–Crippen LogP) is 2.49. The van der Waals surface area contributed by atoms with Gasteiger partial charge in [0.1, 0.15) is 18.9 Å². The Morgan fingerprint density at radius 3 is 2.74 bits per heavy atom. The van der Waals surface area contributed by atoms with Gasteiger partial charge in [-0.1, -0.05) is 29.8 Å². The van der Waals surface area contributed by atoms with E-state index in [0.29, 0.717) is 17.2 Å². The van der Waals surface area contributed by atoms with E-state index in [1.807, 2.05) is 0 Å². The molecule has 0 heterocycles. The highest BCUT2D eigenvalue weighted by Crippen LogP contribution is 2.23. The predicted molar refractivity (Wildman–Crippen MR) is 85.1 cm³/mol. The lowest BCUT2D eigenvalue weighted by atomic mass is 10.2. The number of aliphatic carboxylic acids is 1. The van der Waals surface area contributed by atoms with Gasteiger partial charge in [0.05, 0.1) is 11.1 Å². The van der Waals surface area contributed by atoms with Crippen molar-refractivity contribution in [3.8, 4) is 11.8 Å². The molecule has 1 rings (SSSR count). The third-order valence-electron chi connectivity index (χ3n) is 3.02. The van der Waals surface area contributed by atoms with Crippen LogP contribution in [0.15, 0.2) is 36.9 Å². The van der Waals surface area contributed by atoms with Crippen LogP contribution in [0, 0.1) is 11.3 Å². The number of nitrogens with zero attached hydrogens (tertiary/aromatic N) is 2. The maximum Gasteiger partial charge on any atom is 0.330 e. The molecule has 7 heteroatoms. The van der Waals surface area contributed by atoms with Gasteiger partial charge in [-0.15, -0.1) is 6.58 Å². The number of hydrogen-bond acceptors (Lipinski definition) is 4. The number of ether oxygens (including phenoxy) is 1. The highest BCUT2D eigenvalue weighted by atomic mass is 35.5. The van der Waals surface area contributed by atoms with E-state index in [1.165, 1.54) is 0 Å². The van der Waals surface area contributed by atoms with Gasteiger partial charge in [-0.25, -0.2) is 4.79 Å². The van der Waals surface area contributed by atoms with Gasteiger partial charge in [-0.05, 0) is 18.6 Å². The largest absolute Gasteiger partial charge is 0.489 e. The van der Waals surface area contributed by atoms with E-state index in [2.05, 4.69) is 6.58 Å². The Kier molecular flexibility index (Phi) is 7.64. The molecule has 1 aromatic rings. The quantitative estimate of drug-likeness (QED) is 0.552. The topological polar surface area (TPSA) is 90.6 Å². The molecule has 0 bridgehead atoms. The third-order valence-corrected chi connectivity index (χ3v) is 3.33. The normalized spacial score (nSPS) is 11.1. The van der Waals surface area contributed by atoms with Gasteiger partial charge >= 0.3 is 5.97 Å². The van der Waals surface area contributed by atoms with Gasteiger partial charge < -0.3 is 14.7 Å². The van der Waals surface area contributed by atoms with Crippen molar-refractivity contribution < 1.29 is 19.4 Å². The fraction of sp³-hybridized carbons (Fsp3) is 0.312. The lowest BCUT2D eigenvalue weighted by molar-refractivity contribution is -0.151. The van der Waals surface area contributed by atoms with Crippen molar-refractivity contribution >= 4 is 23.5 Å². The van der Waals surface area contributed by atoms with Crippen LogP contribution < -0.4 is 4.74 Å². The molecular formula is C16H17ClN2O4. The maximum absolute atomic E-state index is 12.1. The van der Waals surface area contributed by atoms with Crippen LogP contribution in [-0.2, 0) is 9.59 Å². The summed E-state index contributed by atoms with van der Waals surface area (Å²) in [5.41, 5.74) is 0. The van der Waals surface area contributed by atoms with Crippen molar-refractivity contribution in [1.29, 1.82) is 5.26 Å². The van der Waals surface area contributed by atoms with E-state index in [-0.39, 0.29) is 19.6 Å². The van der Waals surface area contributed by atoms with Crippen molar-refractivity contribution in [1.82, 2.24) is 4.90 Å². The number of allylic oxidation sites excluding steroid dienone is 1. The molecule has 1 unspecified atom stereocenters. The number of carboxylic acids is 1. The maximum atomic E-state index is 12.1. The molecule has 1 atom stereocenters. The minimum atomic E-state index is -1.27. The fourth-order valence-electron chi connectivity index (χ4n) is 1.84. The molecule has 0 radical (unpaired) electrons. The van der Waals surface area contributed by atoms with Crippen LogP contribution in [0.1, 0.15) is 12.8 Å². The summed E-state index contributed by atoms with van der Waals surface area (Å²) < 4.78 is 5.41. The number of carbonyl (C=O) groups excluding carboxylic acids is 1. The molecule has 1 aromatic carbocycles. The van der Waals surface area contributed by atoms with Gasteiger partial charge in [-0.2, -0.15) is 5.26 Å². The first-order valence-corrected chi connectivity index (χ1v) is 7.26. The Bertz CT molecular complexity index is 612. The SMILES string of the molecule is C=CCCC(=O)N(CC#N)C(COc1ccccc1Cl)C(=O)O. The summed E-state index contributed by atoms with van der Waals surface area (Å²) in [7, 11) is 0. The van der Waals surface area contributed by atoms with Crippen molar-refractivity contribution in [2.24, 2.45) is 0 Å². The summed E-state index contributed by atoms with van der Waals surface area (Å²) in [5, 5.41) is 18.5. The summed E-state index contributed by atoms with van der Waals surface area (Å²) in [4.78, 5) is 24.6. The monoisotopic (exact) mass is 336 g/mol. The smallest absolute Gasteiger partial charge is 0.330 e. The standard InChI is InChI=1S/C16H17ClN2O4/c1-2-3-8-15(20)19(10-9-18)13(16(21)22)11-23-14-7-5-4-6-12(14)17/h2,4-7,13H,1,3,8,10-11H2,(H,21,22).